The van der Waals surface area contributed by atoms with E-state index in [1.165, 1.54) is 25.7 Å². The van der Waals surface area contributed by atoms with Crippen LogP contribution in [0.5, 0.6) is 0 Å². The molecule has 16 heavy (non-hydrogen) atoms. The Hall–Kier alpha value is -0.340. The smallest absolute Gasteiger partial charge is 0.0445 e. The van der Waals surface area contributed by atoms with Gasteiger partial charge in [-0.3, -0.25) is 0 Å². The first-order valence-electron chi connectivity index (χ1n) is 6.53. The van der Waals surface area contributed by atoms with Crippen LogP contribution >= 0.6 is 11.3 Å². The van der Waals surface area contributed by atoms with Gasteiger partial charge >= 0.3 is 0 Å². The van der Waals surface area contributed by atoms with Gasteiger partial charge in [-0.25, -0.2) is 0 Å². The highest BCUT2D eigenvalue weighted by molar-refractivity contribution is 7.10. The number of rotatable bonds is 4. The fraction of sp³-hybridized carbons (Fsp3) is 0.714. The van der Waals surface area contributed by atoms with Crippen molar-refractivity contribution >= 4 is 11.3 Å². The second kappa shape index (κ2) is 4.89. The van der Waals surface area contributed by atoms with Crippen molar-refractivity contribution in [2.45, 2.75) is 52.0 Å². The van der Waals surface area contributed by atoms with Gasteiger partial charge < -0.3 is 5.32 Å². The van der Waals surface area contributed by atoms with Crippen molar-refractivity contribution in [3.05, 3.63) is 21.9 Å². The predicted molar refractivity (Wildman–Crippen MR) is 72.1 cm³/mol. The summed E-state index contributed by atoms with van der Waals surface area (Å²) in [5.74, 6) is 0.804. The van der Waals surface area contributed by atoms with E-state index < -0.39 is 0 Å². The van der Waals surface area contributed by atoms with Gasteiger partial charge in [-0.15, -0.1) is 11.3 Å². The molecule has 1 aliphatic rings. The Labute approximate surface area is 103 Å². The number of thiophene rings is 1. The second-order valence-corrected chi connectivity index (χ2v) is 6.09. The highest BCUT2D eigenvalue weighted by Crippen LogP contribution is 2.39. The maximum Gasteiger partial charge on any atom is 0.0445 e. The van der Waals surface area contributed by atoms with Crippen LogP contribution < -0.4 is 5.32 Å². The molecule has 2 heteroatoms. The highest BCUT2D eigenvalue weighted by atomic mass is 32.1. The van der Waals surface area contributed by atoms with E-state index in [2.05, 4.69) is 37.5 Å². The zero-order chi connectivity index (χ0) is 11.6. The lowest BCUT2D eigenvalue weighted by atomic mass is 9.77. The van der Waals surface area contributed by atoms with Gasteiger partial charge in [-0.05, 0) is 42.2 Å². The van der Waals surface area contributed by atoms with Crippen molar-refractivity contribution in [1.82, 2.24) is 5.32 Å². The third-order valence-corrected chi connectivity index (χ3v) is 5.05. The molecule has 2 unspecified atom stereocenters. The summed E-state index contributed by atoms with van der Waals surface area (Å²) < 4.78 is 0. The van der Waals surface area contributed by atoms with Gasteiger partial charge in [0.25, 0.3) is 0 Å². The van der Waals surface area contributed by atoms with Crippen LogP contribution in [0.4, 0.5) is 0 Å². The Morgan fingerprint density at radius 1 is 1.50 bits per heavy atom. The van der Waals surface area contributed by atoms with Crippen LogP contribution in [0, 0.1) is 5.92 Å². The molecule has 90 valence electrons. The number of nitrogens with one attached hydrogen (secondary N) is 1. The summed E-state index contributed by atoms with van der Waals surface area (Å²) in [5.41, 5.74) is 1.86. The highest BCUT2D eigenvalue weighted by Gasteiger charge is 2.36. The molecule has 0 radical (unpaired) electrons. The molecule has 1 aliphatic heterocycles. The van der Waals surface area contributed by atoms with Crippen molar-refractivity contribution in [3.8, 4) is 0 Å². The summed E-state index contributed by atoms with van der Waals surface area (Å²) in [6.07, 6.45) is 4.99. The van der Waals surface area contributed by atoms with Crippen LogP contribution in [0.25, 0.3) is 0 Å². The summed E-state index contributed by atoms with van der Waals surface area (Å²) in [5, 5.41) is 6.06. The molecule has 0 aliphatic carbocycles. The van der Waals surface area contributed by atoms with E-state index >= 15 is 0 Å². The third-order valence-electron chi connectivity index (χ3n) is 4.07. The fourth-order valence-electron chi connectivity index (χ4n) is 2.85. The first kappa shape index (κ1) is 12.1. The van der Waals surface area contributed by atoms with Gasteiger partial charge in [-0.2, -0.15) is 0 Å². The molecule has 2 rings (SSSR count). The summed E-state index contributed by atoms with van der Waals surface area (Å²) in [7, 11) is 0. The Balaban J connectivity index is 2.29. The van der Waals surface area contributed by atoms with Gasteiger partial charge in [0, 0.05) is 17.0 Å². The average Bonchev–Trinajstić information content (AvgIpc) is 2.78. The number of fused-ring (bicyclic) bond motifs is 1. The van der Waals surface area contributed by atoms with E-state index in [1.807, 2.05) is 11.3 Å². The zero-order valence-electron chi connectivity index (χ0n) is 10.7. The summed E-state index contributed by atoms with van der Waals surface area (Å²) in [4.78, 5) is 1.61. The van der Waals surface area contributed by atoms with Crippen LogP contribution in [0.3, 0.4) is 0 Å². The average molecular weight is 237 g/mol. The predicted octanol–water partition coefficient (Wildman–Crippen LogP) is 3.94. The second-order valence-electron chi connectivity index (χ2n) is 5.09. The lowest BCUT2D eigenvalue weighted by Crippen LogP contribution is -2.47. The molecule has 1 aromatic rings. The summed E-state index contributed by atoms with van der Waals surface area (Å²) in [6, 6.07) is 2.35. The monoisotopic (exact) mass is 237 g/mol. The van der Waals surface area contributed by atoms with E-state index in [9.17, 15) is 0 Å². The van der Waals surface area contributed by atoms with E-state index in [0.29, 0.717) is 0 Å². The number of hydrogen-bond acceptors (Lipinski definition) is 2. The van der Waals surface area contributed by atoms with E-state index in [-0.39, 0.29) is 5.54 Å². The van der Waals surface area contributed by atoms with Crippen molar-refractivity contribution in [2.24, 2.45) is 5.92 Å². The summed E-state index contributed by atoms with van der Waals surface area (Å²) >= 11 is 1.94. The SMILES string of the molecule is CCC(C)CC1(CC)NCCc2sccc21. The molecule has 0 amide bonds. The maximum absolute atomic E-state index is 3.80. The van der Waals surface area contributed by atoms with Crippen molar-refractivity contribution < 1.29 is 0 Å². The van der Waals surface area contributed by atoms with Crippen LogP contribution in [0.1, 0.15) is 50.5 Å². The lowest BCUT2D eigenvalue weighted by molar-refractivity contribution is 0.240. The van der Waals surface area contributed by atoms with Crippen LogP contribution in [0.15, 0.2) is 11.4 Å². The molecule has 1 nitrogen and oxygen atoms in total. The van der Waals surface area contributed by atoms with E-state index in [0.717, 1.165) is 12.5 Å². The number of hydrogen-bond donors (Lipinski definition) is 1. The van der Waals surface area contributed by atoms with Crippen molar-refractivity contribution in [1.29, 1.82) is 0 Å². The minimum atomic E-state index is 0.267. The van der Waals surface area contributed by atoms with Gasteiger partial charge in [-0.1, -0.05) is 27.2 Å². The van der Waals surface area contributed by atoms with Crippen molar-refractivity contribution in [3.63, 3.8) is 0 Å². The minimum absolute atomic E-state index is 0.267. The van der Waals surface area contributed by atoms with Crippen LogP contribution in [0.2, 0.25) is 0 Å². The first-order chi connectivity index (χ1) is 7.72. The van der Waals surface area contributed by atoms with Gasteiger partial charge in [0.05, 0.1) is 0 Å². The Kier molecular flexibility index (Phi) is 3.70. The molecule has 0 bridgehead atoms. The quantitative estimate of drug-likeness (QED) is 0.836. The topological polar surface area (TPSA) is 12.0 Å². The van der Waals surface area contributed by atoms with E-state index in [4.69, 9.17) is 0 Å². The molecule has 1 N–H and O–H groups in total. The molecule has 0 saturated carbocycles. The van der Waals surface area contributed by atoms with Crippen LogP contribution in [-0.2, 0) is 12.0 Å². The van der Waals surface area contributed by atoms with E-state index in [1.54, 1.807) is 10.4 Å². The molecular formula is C14H23NS. The van der Waals surface area contributed by atoms with Gasteiger partial charge in [0.2, 0.25) is 0 Å². The molecular weight excluding hydrogens is 214 g/mol. The molecule has 0 saturated heterocycles. The maximum atomic E-state index is 3.80. The molecule has 2 atom stereocenters. The normalized spacial score (nSPS) is 26.4. The lowest BCUT2D eigenvalue weighted by Gasteiger charge is -2.40. The fourth-order valence-corrected chi connectivity index (χ4v) is 3.83. The summed E-state index contributed by atoms with van der Waals surface area (Å²) in [6.45, 7) is 8.14. The third kappa shape index (κ3) is 2.05. The Morgan fingerprint density at radius 3 is 3.00 bits per heavy atom. The Morgan fingerprint density at radius 2 is 2.31 bits per heavy atom. The first-order valence-corrected chi connectivity index (χ1v) is 7.41. The van der Waals surface area contributed by atoms with Gasteiger partial charge in [0.15, 0.2) is 0 Å². The molecule has 2 heterocycles. The van der Waals surface area contributed by atoms with Crippen molar-refractivity contribution in [2.75, 3.05) is 6.54 Å². The minimum Gasteiger partial charge on any atom is -0.307 e. The standard InChI is InChI=1S/C14H23NS/c1-4-11(3)10-14(5-2)12-7-9-16-13(12)6-8-15-14/h7,9,11,15H,4-6,8,10H2,1-3H3. The molecule has 0 aromatic carbocycles. The zero-order valence-corrected chi connectivity index (χ0v) is 11.5. The van der Waals surface area contributed by atoms with Crippen LogP contribution in [-0.4, -0.2) is 6.54 Å². The van der Waals surface area contributed by atoms with Gasteiger partial charge in [0.1, 0.15) is 0 Å². The molecule has 0 spiro atoms. The molecule has 0 fully saturated rings. The molecule has 1 aromatic heterocycles. The largest absolute Gasteiger partial charge is 0.307 e. The Bertz CT molecular complexity index is 344.